The lowest BCUT2D eigenvalue weighted by Gasteiger charge is -2.07. The molecule has 0 bridgehead atoms. The van der Waals surface area contributed by atoms with Gasteiger partial charge in [-0.25, -0.2) is 0 Å². The van der Waals surface area contributed by atoms with E-state index < -0.39 is 0 Å². The van der Waals surface area contributed by atoms with E-state index in [-0.39, 0.29) is 5.91 Å². The fourth-order valence-electron chi connectivity index (χ4n) is 2.24. The maximum absolute atomic E-state index is 12.0. The first-order valence-corrected chi connectivity index (χ1v) is 7.85. The highest BCUT2D eigenvalue weighted by molar-refractivity contribution is 5.94. The summed E-state index contributed by atoms with van der Waals surface area (Å²) in [5.41, 5.74) is 2.83. The molecule has 0 saturated carbocycles. The lowest BCUT2D eigenvalue weighted by molar-refractivity contribution is 0.0948. The standard InChI is InChI=1S/C19H23NO3/c1-3-23-18-11-9-16(10-12-18)15-5-7-17(8-6-15)19(21)20-13-4-14-22-2/h5-12H,3-4,13-14H2,1-2H3,(H,20,21). The third-order valence-corrected chi connectivity index (χ3v) is 3.46. The Morgan fingerprint density at radius 3 is 2.17 bits per heavy atom. The molecule has 2 rings (SSSR count). The van der Waals surface area contributed by atoms with E-state index in [4.69, 9.17) is 9.47 Å². The van der Waals surface area contributed by atoms with Crippen LogP contribution in [0.3, 0.4) is 0 Å². The quantitative estimate of drug-likeness (QED) is 0.759. The number of rotatable bonds is 8. The van der Waals surface area contributed by atoms with Crippen LogP contribution in [-0.2, 0) is 4.74 Å². The van der Waals surface area contributed by atoms with Gasteiger partial charge in [0.15, 0.2) is 0 Å². The van der Waals surface area contributed by atoms with Crippen LogP contribution < -0.4 is 10.1 Å². The third-order valence-electron chi connectivity index (χ3n) is 3.46. The highest BCUT2D eigenvalue weighted by atomic mass is 16.5. The van der Waals surface area contributed by atoms with Gasteiger partial charge in [0.25, 0.3) is 5.91 Å². The second-order valence-corrected chi connectivity index (χ2v) is 5.14. The zero-order chi connectivity index (χ0) is 16.5. The number of hydrogen-bond acceptors (Lipinski definition) is 3. The van der Waals surface area contributed by atoms with Crippen molar-refractivity contribution in [2.45, 2.75) is 13.3 Å². The van der Waals surface area contributed by atoms with Gasteiger partial charge in [0.2, 0.25) is 0 Å². The van der Waals surface area contributed by atoms with Gasteiger partial charge in [0.1, 0.15) is 5.75 Å². The van der Waals surface area contributed by atoms with Gasteiger partial charge >= 0.3 is 0 Å². The minimum absolute atomic E-state index is 0.0562. The van der Waals surface area contributed by atoms with Crippen molar-refractivity contribution in [1.29, 1.82) is 0 Å². The van der Waals surface area contributed by atoms with E-state index in [2.05, 4.69) is 5.32 Å². The van der Waals surface area contributed by atoms with Gasteiger partial charge in [-0.05, 0) is 48.7 Å². The van der Waals surface area contributed by atoms with E-state index in [1.54, 1.807) is 7.11 Å². The van der Waals surface area contributed by atoms with Crippen molar-refractivity contribution >= 4 is 5.91 Å². The van der Waals surface area contributed by atoms with Gasteiger partial charge in [-0.3, -0.25) is 4.79 Å². The van der Waals surface area contributed by atoms with E-state index >= 15 is 0 Å². The molecule has 4 nitrogen and oxygen atoms in total. The van der Waals surface area contributed by atoms with E-state index in [1.807, 2.05) is 55.5 Å². The maximum Gasteiger partial charge on any atom is 0.251 e. The first-order valence-electron chi connectivity index (χ1n) is 7.85. The van der Waals surface area contributed by atoms with E-state index in [0.717, 1.165) is 23.3 Å². The highest BCUT2D eigenvalue weighted by Crippen LogP contribution is 2.22. The Kier molecular flexibility index (Phi) is 6.63. The van der Waals surface area contributed by atoms with Crippen molar-refractivity contribution in [3.8, 4) is 16.9 Å². The van der Waals surface area contributed by atoms with Gasteiger partial charge in [-0.2, -0.15) is 0 Å². The number of hydrogen-bond donors (Lipinski definition) is 1. The van der Waals surface area contributed by atoms with E-state index in [9.17, 15) is 4.79 Å². The minimum Gasteiger partial charge on any atom is -0.494 e. The van der Waals surface area contributed by atoms with Crippen LogP contribution in [0, 0.1) is 0 Å². The number of carbonyl (C=O) groups excluding carboxylic acids is 1. The number of benzene rings is 2. The fraction of sp³-hybridized carbons (Fsp3) is 0.316. The van der Waals surface area contributed by atoms with Crippen molar-refractivity contribution in [3.05, 3.63) is 54.1 Å². The molecule has 23 heavy (non-hydrogen) atoms. The summed E-state index contributed by atoms with van der Waals surface area (Å²) < 4.78 is 10.4. The molecule has 0 aliphatic carbocycles. The van der Waals surface area contributed by atoms with Crippen LogP contribution in [0.2, 0.25) is 0 Å². The summed E-state index contributed by atoms with van der Waals surface area (Å²) in [4.78, 5) is 12.0. The summed E-state index contributed by atoms with van der Waals surface area (Å²) in [6, 6.07) is 15.6. The summed E-state index contributed by atoms with van der Waals surface area (Å²) in [5, 5.41) is 2.88. The number of amides is 1. The number of carbonyl (C=O) groups is 1. The van der Waals surface area contributed by atoms with Crippen molar-refractivity contribution in [2.24, 2.45) is 0 Å². The molecule has 0 radical (unpaired) electrons. The molecular formula is C19H23NO3. The van der Waals surface area contributed by atoms with Crippen LogP contribution in [0.25, 0.3) is 11.1 Å². The third kappa shape index (κ3) is 5.11. The van der Waals surface area contributed by atoms with E-state index in [1.165, 1.54) is 0 Å². The Bertz CT molecular complexity index is 606. The normalized spacial score (nSPS) is 10.3. The van der Waals surface area contributed by atoms with Crippen LogP contribution in [0.5, 0.6) is 5.75 Å². The molecule has 0 aliphatic rings. The summed E-state index contributed by atoms with van der Waals surface area (Å²) >= 11 is 0. The predicted octanol–water partition coefficient (Wildman–Crippen LogP) is 3.52. The Hall–Kier alpha value is -2.33. The molecule has 0 heterocycles. The summed E-state index contributed by atoms with van der Waals surface area (Å²) in [7, 11) is 1.65. The Labute approximate surface area is 137 Å². The molecule has 2 aromatic rings. The summed E-state index contributed by atoms with van der Waals surface area (Å²) in [6.07, 6.45) is 0.812. The maximum atomic E-state index is 12.0. The first-order chi connectivity index (χ1) is 11.2. The van der Waals surface area contributed by atoms with Crippen molar-refractivity contribution in [3.63, 3.8) is 0 Å². The molecule has 0 atom stereocenters. The molecule has 0 fully saturated rings. The van der Waals surface area contributed by atoms with Crippen molar-refractivity contribution < 1.29 is 14.3 Å². The van der Waals surface area contributed by atoms with Crippen LogP contribution >= 0.6 is 0 Å². The largest absolute Gasteiger partial charge is 0.494 e. The Morgan fingerprint density at radius 1 is 1.00 bits per heavy atom. The average Bonchev–Trinajstić information content (AvgIpc) is 2.60. The summed E-state index contributed by atoms with van der Waals surface area (Å²) in [5.74, 6) is 0.808. The Morgan fingerprint density at radius 2 is 1.61 bits per heavy atom. The van der Waals surface area contributed by atoms with Gasteiger partial charge in [0.05, 0.1) is 6.61 Å². The molecule has 4 heteroatoms. The number of methoxy groups -OCH3 is 1. The molecule has 1 amide bonds. The zero-order valence-electron chi connectivity index (χ0n) is 13.7. The fourth-order valence-corrected chi connectivity index (χ4v) is 2.24. The SMILES string of the molecule is CCOc1ccc(-c2ccc(C(=O)NCCCOC)cc2)cc1. The van der Waals surface area contributed by atoms with Gasteiger partial charge in [-0.15, -0.1) is 0 Å². The van der Waals surface area contributed by atoms with Crippen LogP contribution in [0.1, 0.15) is 23.7 Å². The first kappa shape index (κ1) is 17.0. The highest BCUT2D eigenvalue weighted by Gasteiger charge is 2.05. The van der Waals surface area contributed by atoms with Crippen LogP contribution in [0.4, 0.5) is 0 Å². The molecule has 0 aromatic heterocycles. The van der Waals surface area contributed by atoms with Gasteiger partial charge in [-0.1, -0.05) is 24.3 Å². The second-order valence-electron chi connectivity index (χ2n) is 5.14. The topological polar surface area (TPSA) is 47.6 Å². The molecule has 0 unspecified atom stereocenters. The minimum atomic E-state index is -0.0562. The molecule has 0 spiro atoms. The molecule has 1 N–H and O–H groups in total. The van der Waals surface area contributed by atoms with Gasteiger partial charge < -0.3 is 14.8 Å². The molecule has 2 aromatic carbocycles. The Balaban J connectivity index is 1.97. The summed E-state index contributed by atoms with van der Waals surface area (Å²) in [6.45, 7) is 3.89. The molecule has 0 saturated heterocycles. The monoisotopic (exact) mass is 313 g/mol. The molecule has 0 aliphatic heterocycles. The lowest BCUT2D eigenvalue weighted by atomic mass is 10.0. The van der Waals surface area contributed by atoms with Crippen LogP contribution in [0.15, 0.2) is 48.5 Å². The van der Waals surface area contributed by atoms with Crippen LogP contribution in [-0.4, -0.2) is 32.8 Å². The number of ether oxygens (including phenoxy) is 2. The van der Waals surface area contributed by atoms with Crippen molar-refractivity contribution in [2.75, 3.05) is 26.9 Å². The lowest BCUT2D eigenvalue weighted by Crippen LogP contribution is -2.25. The predicted molar refractivity (Wildman–Crippen MR) is 91.9 cm³/mol. The number of nitrogens with one attached hydrogen (secondary N) is 1. The molecule has 122 valence electrons. The smallest absolute Gasteiger partial charge is 0.251 e. The van der Waals surface area contributed by atoms with Crippen molar-refractivity contribution in [1.82, 2.24) is 5.32 Å². The van der Waals surface area contributed by atoms with E-state index in [0.29, 0.717) is 25.3 Å². The molecular weight excluding hydrogens is 290 g/mol. The average molecular weight is 313 g/mol. The van der Waals surface area contributed by atoms with Gasteiger partial charge in [0, 0.05) is 25.8 Å². The zero-order valence-corrected chi connectivity index (χ0v) is 13.7. The second kappa shape index (κ2) is 8.96.